The molecule has 2 rings (SSSR count). The zero-order chi connectivity index (χ0) is 13.3. The number of ether oxygens (including phenoxy) is 1. The number of amides is 1. The number of halogens is 1. The molecule has 0 fully saturated rings. The quantitative estimate of drug-likeness (QED) is 0.788. The number of hydrogen-bond donors (Lipinski definition) is 0. The van der Waals surface area contributed by atoms with Crippen LogP contribution in [0.4, 0.5) is 0 Å². The molecule has 1 aromatic rings. The van der Waals surface area contributed by atoms with Gasteiger partial charge in [0.2, 0.25) is 0 Å². The van der Waals surface area contributed by atoms with Gasteiger partial charge in [-0.1, -0.05) is 0 Å². The van der Waals surface area contributed by atoms with Gasteiger partial charge in [0.25, 0.3) is 5.91 Å². The van der Waals surface area contributed by atoms with E-state index in [0.29, 0.717) is 18.1 Å². The fraction of sp³-hybridized carbons (Fsp3) is 0.500. The van der Waals surface area contributed by atoms with Crippen molar-refractivity contribution in [1.82, 2.24) is 4.90 Å². The van der Waals surface area contributed by atoms with Crippen LogP contribution in [0.15, 0.2) is 18.2 Å². The fourth-order valence-corrected chi connectivity index (χ4v) is 2.06. The second-order valence-electron chi connectivity index (χ2n) is 5.23. The van der Waals surface area contributed by atoms with E-state index in [-0.39, 0.29) is 11.4 Å². The minimum atomic E-state index is -0.353. The Morgan fingerprint density at radius 3 is 2.89 bits per heavy atom. The number of alkyl halides is 1. The van der Waals surface area contributed by atoms with Gasteiger partial charge in [-0.05, 0) is 37.6 Å². The van der Waals surface area contributed by atoms with E-state index in [2.05, 4.69) is 0 Å². The van der Waals surface area contributed by atoms with Crippen LogP contribution in [0.3, 0.4) is 0 Å². The maximum absolute atomic E-state index is 12.4. The second-order valence-corrected chi connectivity index (χ2v) is 5.50. The molecule has 0 aliphatic carbocycles. The largest absolute Gasteiger partial charge is 0.493 e. The van der Waals surface area contributed by atoms with Gasteiger partial charge in [-0.15, -0.1) is 11.6 Å². The lowest BCUT2D eigenvalue weighted by Crippen LogP contribution is -2.46. The third-order valence-electron chi connectivity index (χ3n) is 3.48. The monoisotopic (exact) mass is 267 g/mol. The Morgan fingerprint density at radius 1 is 1.50 bits per heavy atom. The van der Waals surface area contributed by atoms with Gasteiger partial charge in [0, 0.05) is 24.9 Å². The number of nitrogens with zero attached hydrogens (tertiary/aromatic N) is 1. The molecule has 1 heterocycles. The molecule has 0 saturated carbocycles. The number of carbonyl (C=O) groups is 1. The maximum Gasteiger partial charge on any atom is 0.254 e. The number of carbonyl (C=O) groups excluding carboxylic acids is 1. The van der Waals surface area contributed by atoms with Gasteiger partial charge >= 0.3 is 0 Å². The Hall–Kier alpha value is -1.22. The fourth-order valence-electron chi connectivity index (χ4n) is 1.88. The Balaban J connectivity index is 2.24. The van der Waals surface area contributed by atoms with Gasteiger partial charge in [0.15, 0.2) is 0 Å². The first-order valence-corrected chi connectivity index (χ1v) is 6.59. The summed E-state index contributed by atoms with van der Waals surface area (Å²) < 4.78 is 5.44. The van der Waals surface area contributed by atoms with Gasteiger partial charge < -0.3 is 9.64 Å². The molecular weight excluding hydrogens is 250 g/mol. The summed E-state index contributed by atoms with van der Waals surface area (Å²) in [6.45, 7) is 4.61. The minimum Gasteiger partial charge on any atom is -0.493 e. The van der Waals surface area contributed by atoms with Crippen LogP contribution in [0, 0.1) is 0 Å². The van der Waals surface area contributed by atoms with E-state index < -0.39 is 0 Å². The molecule has 0 spiro atoms. The lowest BCUT2D eigenvalue weighted by molar-refractivity contribution is 0.0660. The van der Waals surface area contributed by atoms with Crippen molar-refractivity contribution in [2.45, 2.75) is 25.8 Å². The van der Waals surface area contributed by atoms with E-state index in [0.717, 1.165) is 17.7 Å². The summed E-state index contributed by atoms with van der Waals surface area (Å²) in [4.78, 5) is 14.1. The Bertz CT molecular complexity index is 471. The van der Waals surface area contributed by atoms with E-state index in [1.165, 1.54) is 0 Å². The average Bonchev–Trinajstić information content (AvgIpc) is 2.84. The predicted molar refractivity (Wildman–Crippen MR) is 72.5 cm³/mol. The van der Waals surface area contributed by atoms with Crippen LogP contribution in [-0.4, -0.2) is 35.9 Å². The number of hydrogen-bond acceptors (Lipinski definition) is 2. The molecule has 3 nitrogen and oxygen atoms in total. The van der Waals surface area contributed by atoms with Crippen molar-refractivity contribution in [3.63, 3.8) is 0 Å². The lowest BCUT2D eigenvalue weighted by Gasteiger charge is -2.34. The van der Waals surface area contributed by atoms with Crippen molar-refractivity contribution in [3.8, 4) is 5.75 Å². The van der Waals surface area contributed by atoms with Crippen LogP contribution < -0.4 is 4.74 Å². The van der Waals surface area contributed by atoms with Crippen LogP contribution in [0.25, 0.3) is 0 Å². The first kappa shape index (κ1) is 13.2. The van der Waals surface area contributed by atoms with E-state index in [1.807, 2.05) is 32.0 Å². The average molecular weight is 268 g/mol. The van der Waals surface area contributed by atoms with Gasteiger partial charge in [0.1, 0.15) is 5.75 Å². The van der Waals surface area contributed by atoms with Crippen LogP contribution in [0.2, 0.25) is 0 Å². The van der Waals surface area contributed by atoms with Crippen LogP contribution in [0.1, 0.15) is 29.8 Å². The normalized spacial score (nSPS) is 14.0. The van der Waals surface area contributed by atoms with Crippen molar-refractivity contribution < 1.29 is 9.53 Å². The van der Waals surface area contributed by atoms with Crippen LogP contribution >= 0.6 is 11.6 Å². The lowest BCUT2D eigenvalue weighted by atomic mass is 10.0. The van der Waals surface area contributed by atoms with Crippen molar-refractivity contribution in [2.24, 2.45) is 0 Å². The molecule has 0 unspecified atom stereocenters. The topological polar surface area (TPSA) is 29.5 Å². The highest BCUT2D eigenvalue weighted by molar-refractivity contribution is 6.18. The summed E-state index contributed by atoms with van der Waals surface area (Å²) in [5.74, 6) is 1.30. The van der Waals surface area contributed by atoms with Crippen LogP contribution in [0.5, 0.6) is 5.75 Å². The molecule has 1 aliphatic heterocycles. The van der Waals surface area contributed by atoms with E-state index in [4.69, 9.17) is 16.3 Å². The van der Waals surface area contributed by atoms with Crippen molar-refractivity contribution >= 4 is 17.5 Å². The molecule has 0 atom stereocenters. The van der Waals surface area contributed by atoms with Crippen molar-refractivity contribution in [2.75, 3.05) is 19.5 Å². The molecule has 4 heteroatoms. The zero-order valence-electron chi connectivity index (χ0n) is 11.0. The highest BCUT2D eigenvalue weighted by Crippen LogP contribution is 2.27. The third-order valence-corrected chi connectivity index (χ3v) is 4.13. The van der Waals surface area contributed by atoms with Crippen molar-refractivity contribution in [3.05, 3.63) is 29.3 Å². The second kappa shape index (κ2) is 4.81. The van der Waals surface area contributed by atoms with Crippen molar-refractivity contribution in [1.29, 1.82) is 0 Å². The summed E-state index contributed by atoms with van der Waals surface area (Å²) in [5, 5.41) is 0. The standard InChI is InChI=1S/C14H18ClNO2/c1-14(2,9-15)16(3)13(17)11-4-5-12-10(8-11)6-7-18-12/h4-5,8H,6-7,9H2,1-3H3. The highest BCUT2D eigenvalue weighted by Gasteiger charge is 2.28. The molecule has 18 heavy (non-hydrogen) atoms. The van der Waals surface area contributed by atoms with E-state index in [9.17, 15) is 4.79 Å². The molecule has 0 radical (unpaired) electrons. The molecule has 98 valence electrons. The molecule has 1 aliphatic rings. The van der Waals surface area contributed by atoms with Gasteiger partial charge in [-0.25, -0.2) is 0 Å². The maximum atomic E-state index is 12.4. The molecule has 0 saturated heterocycles. The molecule has 0 aromatic heterocycles. The Labute approximate surface area is 113 Å². The zero-order valence-corrected chi connectivity index (χ0v) is 11.8. The number of rotatable bonds is 3. The van der Waals surface area contributed by atoms with E-state index >= 15 is 0 Å². The third kappa shape index (κ3) is 2.32. The Morgan fingerprint density at radius 2 is 2.22 bits per heavy atom. The number of fused-ring (bicyclic) bond motifs is 1. The van der Waals surface area contributed by atoms with Gasteiger partial charge in [0.05, 0.1) is 12.1 Å². The highest BCUT2D eigenvalue weighted by atomic mass is 35.5. The molecule has 1 amide bonds. The summed E-state index contributed by atoms with van der Waals surface area (Å²) >= 11 is 5.90. The van der Waals surface area contributed by atoms with E-state index in [1.54, 1.807) is 11.9 Å². The summed E-state index contributed by atoms with van der Waals surface area (Å²) in [7, 11) is 1.79. The van der Waals surface area contributed by atoms with Crippen LogP contribution in [-0.2, 0) is 6.42 Å². The Kier molecular flexibility index (Phi) is 3.53. The summed E-state index contributed by atoms with van der Waals surface area (Å²) in [5.41, 5.74) is 1.45. The molecule has 0 N–H and O–H groups in total. The SMILES string of the molecule is CN(C(=O)c1ccc2c(c1)CCO2)C(C)(C)CCl. The smallest absolute Gasteiger partial charge is 0.254 e. The number of benzene rings is 1. The molecule has 0 bridgehead atoms. The minimum absolute atomic E-state index is 0.00431. The molecular formula is C14H18ClNO2. The first-order valence-electron chi connectivity index (χ1n) is 6.05. The first-order chi connectivity index (χ1) is 8.45. The predicted octanol–water partition coefficient (Wildman–Crippen LogP) is 2.71. The summed E-state index contributed by atoms with van der Waals surface area (Å²) in [6.07, 6.45) is 0.874. The molecule has 1 aromatic carbocycles. The van der Waals surface area contributed by atoms with Gasteiger partial charge in [-0.3, -0.25) is 4.79 Å². The van der Waals surface area contributed by atoms with Gasteiger partial charge in [-0.2, -0.15) is 0 Å². The summed E-state index contributed by atoms with van der Waals surface area (Å²) in [6, 6.07) is 5.61.